The van der Waals surface area contributed by atoms with Crippen LogP contribution in [-0.4, -0.2) is 29.1 Å². The number of nitrogens with zero attached hydrogens (tertiary/aromatic N) is 1. The molecule has 0 unspecified atom stereocenters. The number of piperidine rings is 1. The molecule has 1 heterocycles. The van der Waals surface area contributed by atoms with E-state index in [0.717, 1.165) is 61.5 Å². The summed E-state index contributed by atoms with van der Waals surface area (Å²) in [5.74, 6) is -0.704. The van der Waals surface area contributed by atoms with Gasteiger partial charge in [0.15, 0.2) is 0 Å². The average molecular weight is 322 g/mol. The molecule has 1 saturated heterocycles. The van der Waals surface area contributed by atoms with Crippen molar-refractivity contribution in [2.45, 2.75) is 56.9 Å². The second-order valence-electron chi connectivity index (χ2n) is 6.74. The Balaban J connectivity index is 1.80. The van der Waals surface area contributed by atoms with Crippen LogP contribution in [0.25, 0.3) is 0 Å². The fourth-order valence-electron chi connectivity index (χ4n) is 3.94. The molecule has 1 aliphatic heterocycles. The number of aliphatic carboxylic acids is 1. The van der Waals surface area contributed by atoms with Gasteiger partial charge >= 0.3 is 5.97 Å². The van der Waals surface area contributed by atoms with Gasteiger partial charge in [0.1, 0.15) is 0 Å². The molecule has 4 heteroatoms. The van der Waals surface area contributed by atoms with E-state index in [-0.39, 0.29) is 0 Å². The normalized spacial score (nSPS) is 21.9. The van der Waals surface area contributed by atoms with E-state index in [1.54, 1.807) is 0 Å². The lowest BCUT2D eigenvalue weighted by molar-refractivity contribution is -0.143. The van der Waals surface area contributed by atoms with Gasteiger partial charge in [-0.15, -0.1) is 0 Å². The van der Waals surface area contributed by atoms with Crippen molar-refractivity contribution in [3.05, 3.63) is 34.3 Å². The van der Waals surface area contributed by atoms with E-state index in [9.17, 15) is 9.90 Å². The molecule has 1 aromatic rings. The Morgan fingerprint density at radius 1 is 1.14 bits per heavy atom. The summed E-state index contributed by atoms with van der Waals surface area (Å²) in [5.41, 5.74) is 1.28. The highest BCUT2D eigenvalue weighted by atomic mass is 35.5. The Bertz CT molecular complexity index is 546. The maximum absolute atomic E-state index is 11.8. The van der Waals surface area contributed by atoms with Gasteiger partial charge in [0.25, 0.3) is 0 Å². The Kier molecular flexibility index (Phi) is 4.74. The van der Waals surface area contributed by atoms with Crippen molar-refractivity contribution < 1.29 is 9.90 Å². The largest absolute Gasteiger partial charge is 0.481 e. The van der Waals surface area contributed by atoms with Gasteiger partial charge in [-0.1, -0.05) is 43.0 Å². The lowest BCUT2D eigenvalue weighted by atomic mass is 9.79. The zero-order valence-electron chi connectivity index (χ0n) is 13.0. The summed E-state index contributed by atoms with van der Waals surface area (Å²) in [5, 5.41) is 10.4. The van der Waals surface area contributed by atoms with Crippen LogP contribution in [0.1, 0.15) is 56.1 Å². The summed E-state index contributed by atoms with van der Waals surface area (Å²) in [7, 11) is 0. The summed E-state index contributed by atoms with van der Waals surface area (Å²) in [6.07, 6.45) is 7.27. The number of likely N-dealkylation sites (tertiary alicyclic amines) is 1. The van der Waals surface area contributed by atoms with Crippen molar-refractivity contribution in [1.29, 1.82) is 0 Å². The van der Waals surface area contributed by atoms with E-state index in [4.69, 9.17) is 11.6 Å². The van der Waals surface area contributed by atoms with Crippen molar-refractivity contribution in [3.63, 3.8) is 0 Å². The highest BCUT2D eigenvalue weighted by Crippen LogP contribution is 2.42. The summed E-state index contributed by atoms with van der Waals surface area (Å²) < 4.78 is 0. The Hall–Kier alpha value is -1.06. The van der Waals surface area contributed by atoms with Crippen LogP contribution >= 0.6 is 11.6 Å². The van der Waals surface area contributed by atoms with Crippen LogP contribution in [0, 0.1) is 0 Å². The highest BCUT2D eigenvalue weighted by Gasteiger charge is 2.43. The highest BCUT2D eigenvalue weighted by molar-refractivity contribution is 6.31. The van der Waals surface area contributed by atoms with Gasteiger partial charge in [0.2, 0.25) is 0 Å². The molecule has 0 bridgehead atoms. The fourth-order valence-corrected chi connectivity index (χ4v) is 4.18. The van der Waals surface area contributed by atoms with Gasteiger partial charge < -0.3 is 5.11 Å². The van der Waals surface area contributed by atoms with E-state index in [1.165, 1.54) is 19.3 Å². The minimum Gasteiger partial charge on any atom is -0.481 e. The molecule has 1 aromatic carbocycles. The van der Waals surface area contributed by atoms with Crippen molar-refractivity contribution >= 4 is 17.6 Å². The van der Waals surface area contributed by atoms with Gasteiger partial charge in [-0.2, -0.15) is 0 Å². The molecule has 22 heavy (non-hydrogen) atoms. The summed E-state index contributed by atoms with van der Waals surface area (Å²) in [6.45, 7) is 3.15. The molecule has 2 fully saturated rings. The molecule has 1 saturated carbocycles. The first kappa shape index (κ1) is 15.8. The first-order chi connectivity index (χ1) is 10.6. The van der Waals surface area contributed by atoms with Crippen LogP contribution in [-0.2, 0) is 16.8 Å². The third kappa shape index (κ3) is 3.02. The number of carbonyl (C=O) groups is 1. The van der Waals surface area contributed by atoms with E-state index >= 15 is 0 Å². The van der Waals surface area contributed by atoms with Gasteiger partial charge in [-0.3, -0.25) is 9.69 Å². The number of halogens is 1. The molecule has 1 aliphatic carbocycles. The van der Waals surface area contributed by atoms with E-state index in [2.05, 4.69) is 4.90 Å². The van der Waals surface area contributed by atoms with Crippen LogP contribution < -0.4 is 0 Å². The molecule has 0 spiro atoms. The predicted molar refractivity (Wildman–Crippen MR) is 88.4 cm³/mol. The lowest BCUT2D eigenvalue weighted by Crippen LogP contribution is -2.33. The molecular formula is C18H24ClNO2. The summed E-state index contributed by atoms with van der Waals surface area (Å²) >= 11 is 6.47. The third-order valence-electron chi connectivity index (χ3n) is 5.31. The monoisotopic (exact) mass is 321 g/mol. The predicted octanol–water partition coefficient (Wildman–Crippen LogP) is 4.22. The van der Waals surface area contributed by atoms with Crippen molar-refractivity contribution in [2.75, 3.05) is 13.1 Å². The Morgan fingerprint density at radius 2 is 1.82 bits per heavy atom. The number of rotatable bonds is 4. The van der Waals surface area contributed by atoms with Crippen LogP contribution in [0.5, 0.6) is 0 Å². The first-order valence-electron chi connectivity index (χ1n) is 8.36. The number of carboxylic acid groups (broad SMARTS) is 1. The SMILES string of the molecule is O=C(O)C1(c2ccc(CN3CCCCC3)c(Cl)c2)CCCC1. The van der Waals surface area contributed by atoms with Crippen LogP contribution in [0.3, 0.4) is 0 Å². The number of benzene rings is 1. The minimum absolute atomic E-state index is 0.704. The topological polar surface area (TPSA) is 40.5 Å². The van der Waals surface area contributed by atoms with Gasteiger partial charge in [-0.25, -0.2) is 0 Å². The Morgan fingerprint density at radius 3 is 2.41 bits per heavy atom. The van der Waals surface area contributed by atoms with Gasteiger partial charge in [0.05, 0.1) is 5.41 Å². The van der Waals surface area contributed by atoms with Gasteiger partial charge in [-0.05, 0) is 56.0 Å². The molecule has 1 N–H and O–H groups in total. The smallest absolute Gasteiger partial charge is 0.314 e. The number of carboxylic acids is 1. The minimum atomic E-state index is -0.715. The van der Waals surface area contributed by atoms with Crippen molar-refractivity contribution in [2.24, 2.45) is 0 Å². The van der Waals surface area contributed by atoms with E-state index < -0.39 is 11.4 Å². The standard InChI is InChI=1S/C18H24ClNO2/c19-16-12-15(18(17(21)22)8-2-3-9-18)7-6-14(16)13-20-10-4-1-5-11-20/h6-7,12H,1-5,8-11,13H2,(H,21,22). The molecule has 0 atom stereocenters. The maximum atomic E-state index is 11.8. The second kappa shape index (κ2) is 6.59. The maximum Gasteiger partial charge on any atom is 0.314 e. The zero-order chi connectivity index (χ0) is 15.6. The fraction of sp³-hybridized carbons (Fsp3) is 0.611. The molecule has 3 rings (SSSR count). The molecular weight excluding hydrogens is 298 g/mol. The molecule has 2 aliphatic rings. The molecule has 0 aromatic heterocycles. The van der Waals surface area contributed by atoms with Gasteiger partial charge in [0, 0.05) is 11.6 Å². The average Bonchev–Trinajstić information content (AvgIpc) is 3.01. The second-order valence-corrected chi connectivity index (χ2v) is 7.14. The first-order valence-corrected chi connectivity index (χ1v) is 8.74. The summed E-state index contributed by atoms with van der Waals surface area (Å²) in [6, 6.07) is 5.93. The molecule has 120 valence electrons. The van der Waals surface area contributed by atoms with E-state index in [1.807, 2.05) is 18.2 Å². The lowest BCUT2D eigenvalue weighted by Gasteiger charge is -2.28. The molecule has 0 radical (unpaired) electrons. The number of hydrogen-bond acceptors (Lipinski definition) is 2. The van der Waals surface area contributed by atoms with Crippen LogP contribution in [0.2, 0.25) is 5.02 Å². The number of hydrogen-bond donors (Lipinski definition) is 1. The van der Waals surface area contributed by atoms with Crippen LogP contribution in [0.4, 0.5) is 0 Å². The summed E-state index contributed by atoms with van der Waals surface area (Å²) in [4.78, 5) is 14.2. The van der Waals surface area contributed by atoms with Crippen LogP contribution in [0.15, 0.2) is 18.2 Å². The van der Waals surface area contributed by atoms with E-state index in [0.29, 0.717) is 0 Å². The quantitative estimate of drug-likeness (QED) is 0.902. The van der Waals surface area contributed by atoms with Crippen molar-refractivity contribution in [3.8, 4) is 0 Å². The molecule has 0 amide bonds. The van der Waals surface area contributed by atoms with Crippen molar-refractivity contribution in [1.82, 2.24) is 4.90 Å². The molecule has 3 nitrogen and oxygen atoms in total. The Labute approximate surface area is 137 Å². The third-order valence-corrected chi connectivity index (χ3v) is 5.67. The zero-order valence-corrected chi connectivity index (χ0v) is 13.7.